The summed E-state index contributed by atoms with van der Waals surface area (Å²) in [5.74, 6) is -0.919. The minimum atomic E-state index is -1.04. The van der Waals surface area contributed by atoms with Crippen molar-refractivity contribution in [1.29, 1.82) is 0 Å². The van der Waals surface area contributed by atoms with Gasteiger partial charge in [-0.2, -0.15) is 0 Å². The van der Waals surface area contributed by atoms with Gasteiger partial charge in [-0.05, 0) is 12.8 Å². The molecule has 2 N–H and O–H groups in total. The summed E-state index contributed by atoms with van der Waals surface area (Å²) in [6.07, 6.45) is 3.83. The number of hydrogen-bond acceptors (Lipinski definition) is 2. The van der Waals surface area contributed by atoms with Crippen molar-refractivity contribution >= 4 is 12.0 Å². The highest BCUT2D eigenvalue weighted by atomic mass is 16.4. The highest BCUT2D eigenvalue weighted by Crippen LogP contribution is 2.28. The molecule has 0 unspecified atom stereocenters. The minimum Gasteiger partial charge on any atom is -0.480 e. The van der Waals surface area contributed by atoms with E-state index in [0.717, 1.165) is 19.3 Å². The standard InChI is InChI=1S/C10H18N2O3/c1-12(2)9(15)11-10(8(13)14)6-4-3-5-7-10/h3-7H2,1-2H3,(H,11,15)(H,13,14). The fourth-order valence-electron chi connectivity index (χ4n) is 1.86. The second-order valence-electron chi connectivity index (χ2n) is 4.27. The molecule has 0 atom stereocenters. The third kappa shape index (κ3) is 2.61. The summed E-state index contributed by atoms with van der Waals surface area (Å²) in [7, 11) is 3.21. The zero-order valence-corrected chi connectivity index (χ0v) is 9.25. The Morgan fingerprint density at radius 1 is 1.20 bits per heavy atom. The summed E-state index contributed by atoms with van der Waals surface area (Å²) in [5, 5.41) is 11.8. The summed E-state index contributed by atoms with van der Waals surface area (Å²) in [6, 6.07) is -0.334. The van der Waals surface area contributed by atoms with Crippen LogP contribution in [-0.4, -0.2) is 41.6 Å². The normalized spacial score (nSPS) is 19.3. The van der Waals surface area contributed by atoms with Crippen LogP contribution in [0.25, 0.3) is 0 Å². The van der Waals surface area contributed by atoms with E-state index in [1.54, 1.807) is 14.1 Å². The Kier molecular flexibility index (Phi) is 3.55. The van der Waals surface area contributed by atoms with Gasteiger partial charge in [-0.1, -0.05) is 19.3 Å². The lowest BCUT2D eigenvalue weighted by Crippen LogP contribution is -2.57. The fraction of sp³-hybridized carbons (Fsp3) is 0.800. The topological polar surface area (TPSA) is 69.6 Å². The molecule has 5 nitrogen and oxygen atoms in total. The highest BCUT2D eigenvalue weighted by Gasteiger charge is 2.41. The lowest BCUT2D eigenvalue weighted by molar-refractivity contribution is -0.145. The van der Waals surface area contributed by atoms with Crippen molar-refractivity contribution in [3.05, 3.63) is 0 Å². The zero-order valence-electron chi connectivity index (χ0n) is 9.25. The van der Waals surface area contributed by atoms with Crippen LogP contribution in [0, 0.1) is 0 Å². The number of nitrogens with one attached hydrogen (secondary N) is 1. The monoisotopic (exact) mass is 214 g/mol. The number of carbonyl (C=O) groups excluding carboxylic acids is 1. The maximum atomic E-state index is 11.5. The van der Waals surface area contributed by atoms with Crippen molar-refractivity contribution in [3.8, 4) is 0 Å². The van der Waals surface area contributed by atoms with Crippen LogP contribution in [0.4, 0.5) is 4.79 Å². The molecule has 0 spiro atoms. The molecular formula is C10H18N2O3. The zero-order chi connectivity index (χ0) is 11.5. The lowest BCUT2D eigenvalue weighted by Gasteiger charge is -2.34. The Labute approximate surface area is 89.4 Å². The first-order valence-electron chi connectivity index (χ1n) is 5.21. The molecule has 0 aromatic carbocycles. The van der Waals surface area contributed by atoms with Crippen LogP contribution in [0.5, 0.6) is 0 Å². The molecule has 0 heterocycles. The van der Waals surface area contributed by atoms with Gasteiger partial charge in [0.1, 0.15) is 5.54 Å². The van der Waals surface area contributed by atoms with E-state index in [-0.39, 0.29) is 6.03 Å². The molecule has 5 heteroatoms. The van der Waals surface area contributed by atoms with Crippen LogP contribution in [-0.2, 0) is 4.79 Å². The molecule has 15 heavy (non-hydrogen) atoms. The van der Waals surface area contributed by atoms with Gasteiger partial charge in [0.15, 0.2) is 0 Å². The molecule has 1 aliphatic carbocycles. The van der Waals surface area contributed by atoms with Crippen LogP contribution >= 0.6 is 0 Å². The maximum Gasteiger partial charge on any atom is 0.329 e. The van der Waals surface area contributed by atoms with Gasteiger partial charge in [0.2, 0.25) is 0 Å². The molecule has 0 bridgehead atoms. The summed E-state index contributed by atoms with van der Waals surface area (Å²) < 4.78 is 0. The molecule has 0 aromatic rings. The van der Waals surface area contributed by atoms with Crippen LogP contribution in [0.15, 0.2) is 0 Å². The molecule has 0 aliphatic heterocycles. The second kappa shape index (κ2) is 4.51. The number of carboxylic acid groups (broad SMARTS) is 1. The van der Waals surface area contributed by atoms with Crippen molar-refractivity contribution < 1.29 is 14.7 Å². The van der Waals surface area contributed by atoms with Crippen molar-refractivity contribution in [1.82, 2.24) is 10.2 Å². The molecular weight excluding hydrogens is 196 g/mol. The van der Waals surface area contributed by atoms with Gasteiger partial charge in [0.05, 0.1) is 0 Å². The van der Waals surface area contributed by atoms with Gasteiger partial charge in [-0.3, -0.25) is 0 Å². The first-order valence-corrected chi connectivity index (χ1v) is 5.21. The molecule has 0 saturated heterocycles. The van der Waals surface area contributed by atoms with E-state index in [0.29, 0.717) is 12.8 Å². The number of amides is 2. The van der Waals surface area contributed by atoms with Crippen LogP contribution < -0.4 is 5.32 Å². The molecule has 2 amide bonds. The Balaban J connectivity index is 2.73. The highest BCUT2D eigenvalue weighted by molar-refractivity contribution is 5.86. The van der Waals surface area contributed by atoms with Gasteiger partial charge in [0, 0.05) is 14.1 Å². The number of urea groups is 1. The number of hydrogen-bond donors (Lipinski definition) is 2. The first kappa shape index (κ1) is 11.8. The van der Waals surface area contributed by atoms with Gasteiger partial charge in [-0.15, -0.1) is 0 Å². The van der Waals surface area contributed by atoms with Gasteiger partial charge < -0.3 is 15.3 Å². The average Bonchev–Trinajstić information content (AvgIpc) is 2.18. The summed E-state index contributed by atoms with van der Waals surface area (Å²) >= 11 is 0. The van der Waals surface area contributed by atoms with E-state index in [9.17, 15) is 14.7 Å². The third-order valence-corrected chi connectivity index (χ3v) is 2.87. The van der Waals surface area contributed by atoms with Crippen molar-refractivity contribution in [2.45, 2.75) is 37.6 Å². The lowest BCUT2D eigenvalue weighted by atomic mass is 9.82. The number of aliphatic carboxylic acids is 1. The Morgan fingerprint density at radius 3 is 2.13 bits per heavy atom. The SMILES string of the molecule is CN(C)C(=O)NC1(C(=O)O)CCCCC1. The van der Waals surface area contributed by atoms with E-state index < -0.39 is 11.5 Å². The van der Waals surface area contributed by atoms with Crippen LogP contribution in [0.1, 0.15) is 32.1 Å². The molecule has 1 fully saturated rings. The Hall–Kier alpha value is -1.26. The van der Waals surface area contributed by atoms with Crippen molar-refractivity contribution in [2.75, 3.05) is 14.1 Å². The summed E-state index contributed by atoms with van der Waals surface area (Å²) in [4.78, 5) is 24.0. The van der Waals surface area contributed by atoms with Gasteiger partial charge in [-0.25, -0.2) is 9.59 Å². The number of nitrogens with zero attached hydrogens (tertiary/aromatic N) is 1. The predicted octanol–water partition coefficient (Wildman–Crippen LogP) is 1.05. The van der Waals surface area contributed by atoms with Crippen molar-refractivity contribution in [2.24, 2.45) is 0 Å². The van der Waals surface area contributed by atoms with E-state index in [1.807, 2.05) is 0 Å². The molecule has 1 rings (SSSR count). The van der Waals surface area contributed by atoms with E-state index in [2.05, 4.69) is 5.32 Å². The Bertz CT molecular complexity index is 257. The quantitative estimate of drug-likeness (QED) is 0.721. The Morgan fingerprint density at radius 2 is 1.73 bits per heavy atom. The molecule has 1 aliphatic rings. The van der Waals surface area contributed by atoms with E-state index >= 15 is 0 Å². The molecule has 86 valence electrons. The second-order valence-corrected chi connectivity index (χ2v) is 4.27. The predicted molar refractivity (Wildman–Crippen MR) is 55.7 cm³/mol. The number of rotatable bonds is 2. The van der Waals surface area contributed by atoms with Crippen LogP contribution in [0.3, 0.4) is 0 Å². The smallest absolute Gasteiger partial charge is 0.329 e. The van der Waals surface area contributed by atoms with Gasteiger partial charge in [0.25, 0.3) is 0 Å². The van der Waals surface area contributed by atoms with E-state index in [4.69, 9.17) is 0 Å². The average molecular weight is 214 g/mol. The molecule has 0 aromatic heterocycles. The first-order chi connectivity index (χ1) is 6.98. The van der Waals surface area contributed by atoms with E-state index in [1.165, 1.54) is 4.90 Å². The third-order valence-electron chi connectivity index (χ3n) is 2.87. The summed E-state index contributed by atoms with van der Waals surface area (Å²) in [5.41, 5.74) is -1.04. The summed E-state index contributed by atoms with van der Waals surface area (Å²) in [6.45, 7) is 0. The minimum absolute atomic E-state index is 0.334. The fourth-order valence-corrected chi connectivity index (χ4v) is 1.86. The maximum absolute atomic E-state index is 11.5. The number of carboxylic acids is 1. The van der Waals surface area contributed by atoms with Crippen molar-refractivity contribution in [3.63, 3.8) is 0 Å². The van der Waals surface area contributed by atoms with Gasteiger partial charge >= 0.3 is 12.0 Å². The molecule has 1 saturated carbocycles. The van der Waals surface area contributed by atoms with Crippen LogP contribution in [0.2, 0.25) is 0 Å². The largest absolute Gasteiger partial charge is 0.480 e. The number of carbonyl (C=O) groups is 2. The molecule has 0 radical (unpaired) electrons.